The van der Waals surface area contributed by atoms with Crippen LogP contribution in [0.2, 0.25) is 0 Å². The number of amides is 2. The van der Waals surface area contributed by atoms with Crippen molar-refractivity contribution in [1.29, 1.82) is 0 Å². The van der Waals surface area contributed by atoms with Crippen LogP contribution in [0.3, 0.4) is 0 Å². The fraction of sp³-hybridized carbons (Fsp3) is 0.621. The second-order valence-electron chi connectivity index (χ2n) is 11.7. The molecule has 2 bridgehead atoms. The molecule has 36 heavy (non-hydrogen) atoms. The number of rotatable bonds is 5. The first-order chi connectivity index (χ1) is 17.7. The van der Waals surface area contributed by atoms with E-state index in [0.717, 1.165) is 57.8 Å². The van der Waals surface area contributed by atoms with Gasteiger partial charge in [-0.15, -0.1) is 0 Å². The first-order valence-electron chi connectivity index (χ1n) is 14.0. The summed E-state index contributed by atoms with van der Waals surface area (Å²) in [6.07, 6.45) is 11.5. The van der Waals surface area contributed by atoms with E-state index in [4.69, 9.17) is 4.37 Å². The number of hydrogen-bond donors (Lipinski definition) is 0. The molecule has 2 saturated heterocycles. The summed E-state index contributed by atoms with van der Waals surface area (Å²) in [6, 6.07) is 8.53. The van der Waals surface area contributed by atoms with Crippen LogP contribution < -0.4 is 4.90 Å². The molecule has 0 spiro atoms. The fourth-order valence-corrected chi connectivity index (χ4v) is 8.69. The molecular formula is C29H36N4O2S. The second kappa shape index (κ2) is 9.25. The van der Waals surface area contributed by atoms with Gasteiger partial charge in [-0.1, -0.05) is 37.1 Å². The summed E-state index contributed by atoms with van der Waals surface area (Å²) in [6.45, 7) is 5.86. The molecule has 7 heteroatoms. The normalized spacial score (nSPS) is 34.7. The summed E-state index contributed by atoms with van der Waals surface area (Å²) in [4.78, 5) is 33.6. The Bertz CT molecular complexity index is 1150. The minimum Gasteiger partial charge on any atom is -0.353 e. The van der Waals surface area contributed by atoms with Gasteiger partial charge in [0.15, 0.2) is 0 Å². The number of benzene rings is 1. The Morgan fingerprint density at radius 2 is 1.44 bits per heavy atom. The molecule has 2 aromatic rings. The lowest BCUT2D eigenvalue weighted by molar-refractivity contribution is -0.141. The Labute approximate surface area is 217 Å². The summed E-state index contributed by atoms with van der Waals surface area (Å²) < 4.78 is 6.02. The van der Waals surface area contributed by atoms with Crippen molar-refractivity contribution < 1.29 is 9.59 Å². The molecule has 3 heterocycles. The molecule has 0 N–H and O–H groups in total. The highest BCUT2D eigenvalue weighted by molar-refractivity contribution is 7.13. The minimum atomic E-state index is -0.0711. The zero-order valence-electron chi connectivity index (χ0n) is 20.9. The molecule has 6 atom stereocenters. The van der Waals surface area contributed by atoms with Crippen LogP contribution in [0.5, 0.6) is 0 Å². The maximum atomic E-state index is 13.4. The van der Waals surface area contributed by atoms with Crippen LogP contribution in [0, 0.1) is 35.5 Å². The van der Waals surface area contributed by atoms with Crippen LogP contribution in [0.4, 0.5) is 5.82 Å². The number of carbonyl (C=O) groups is 2. The Hall–Kier alpha value is -2.25. The Morgan fingerprint density at radius 1 is 0.806 bits per heavy atom. The zero-order valence-corrected chi connectivity index (χ0v) is 21.7. The van der Waals surface area contributed by atoms with Crippen molar-refractivity contribution in [2.45, 2.75) is 38.5 Å². The molecule has 2 amide bonds. The van der Waals surface area contributed by atoms with E-state index >= 15 is 0 Å². The lowest BCUT2D eigenvalue weighted by atomic mass is 9.63. The maximum Gasteiger partial charge on any atom is 0.233 e. The van der Waals surface area contributed by atoms with Crippen molar-refractivity contribution in [2.24, 2.45) is 35.5 Å². The molecule has 0 radical (unpaired) electrons. The highest BCUT2D eigenvalue weighted by atomic mass is 32.1. The molecule has 2 aliphatic heterocycles. The number of piperazine rings is 1. The van der Waals surface area contributed by atoms with Crippen LogP contribution >= 0.6 is 11.5 Å². The van der Waals surface area contributed by atoms with Gasteiger partial charge in [-0.05, 0) is 73.0 Å². The fourth-order valence-electron chi connectivity index (χ4n) is 7.89. The largest absolute Gasteiger partial charge is 0.353 e. The van der Waals surface area contributed by atoms with E-state index in [-0.39, 0.29) is 35.5 Å². The molecule has 4 fully saturated rings. The van der Waals surface area contributed by atoms with E-state index in [9.17, 15) is 9.59 Å². The topological polar surface area (TPSA) is 56.8 Å². The third-order valence-corrected chi connectivity index (χ3v) is 10.7. The number of nitrogens with zero attached hydrogens (tertiary/aromatic N) is 4. The monoisotopic (exact) mass is 504 g/mol. The van der Waals surface area contributed by atoms with Gasteiger partial charge in [0.1, 0.15) is 5.82 Å². The van der Waals surface area contributed by atoms with E-state index in [1.54, 1.807) is 16.4 Å². The number of aromatic nitrogens is 1. The second-order valence-corrected chi connectivity index (χ2v) is 12.5. The highest BCUT2D eigenvalue weighted by Gasteiger charge is 2.56. The van der Waals surface area contributed by atoms with Crippen molar-refractivity contribution in [2.75, 3.05) is 44.2 Å². The van der Waals surface area contributed by atoms with Gasteiger partial charge in [0.2, 0.25) is 11.8 Å². The van der Waals surface area contributed by atoms with E-state index in [1.165, 1.54) is 29.3 Å². The first kappa shape index (κ1) is 22.9. The molecule has 6 nitrogen and oxygen atoms in total. The number of likely N-dealkylation sites (tertiary alicyclic amines) is 1. The average Bonchev–Trinajstić information content (AvgIpc) is 3.47. The quantitative estimate of drug-likeness (QED) is 0.446. The Morgan fingerprint density at radius 3 is 2.11 bits per heavy atom. The molecular weight excluding hydrogens is 468 g/mol. The third kappa shape index (κ3) is 3.81. The highest BCUT2D eigenvalue weighted by Crippen LogP contribution is 2.50. The lowest BCUT2D eigenvalue weighted by Crippen LogP contribution is -2.49. The van der Waals surface area contributed by atoms with Crippen LogP contribution in [0.15, 0.2) is 36.4 Å². The van der Waals surface area contributed by atoms with Gasteiger partial charge in [-0.3, -0.25) is 19.4 Å². The number of carbonyl (C=O) groups excluding carboxylic acids is 2. The van der Waals surface area contributed by atoms with Gasteiger partial charge in [0.25, 0.3) is 0 Å². The molecule has 2 saturated carbocycles. The molecule has 190 valence electrons. The summed E-state index contributed by atoms with van der Waals surface area (Å²) in [5.41, 5.74) is 0. The number of hydrogen-bond acceptors (Lipinski definition) is 6. The van der Waals surface area contributed by atoms with Crippen LogP contribution in [0.25, 0.3) is 10.1 Å². The molecule has 1 aromatic carbocycles. The molecule has 1 aromatic heterocycles. The zero-order chi connectivity index (χ0) is 24.2. The number of allylic oxidation sites excluding steroid dienone is 2. The minimum absolute atomic E-state index is 0.0711. The van der Waals surface area contributed by atoms with Crippen LogP contribution in [-0.4, -0.2) is 65.3 Å². The summed E-state index contributed by atoms with van der Waals surface area (Å²) in [7, 11) is 0. The van der Waals surface area contributed by atoms with Crippen molar-refractivity contribution in [3.05, 3.63) is 36.4 Å². The molecule has 8 rings (SSSR count). The number of anilines is 1. The van der Waals surface area contributed by atoms with Crippen molar-refractivity contribution in [3.8, 4) is 0 Å². The molecule has 6 aliphatic rings. The van der Waals surface area contributed by atoms with Crippen molar-refractivity contribution in [1.82, 2.24) is 14.2 Å². The van der Waals surface area contributed by atoms with Gasteiger partial charge in [0.05, 0.1) is 16.5 Å². The summed E-state index contributed by atoms with van der Waals surface area (Å²) in [5, 5.41) is 1.27. The number of fused-ring (bicyclic) bond motifs is 2. The van der Waals surface area contributed by atoms with Crippen molar-refractivity contribution in [3.63, 3.8) is 0 Å². The Kier molecular flexibility index (Phi) is 5.88. The van der Waals surface area contributed by atoms with Gasteiger partial charge in [-0.2, -0.15) is 4.37 Å². The van der Waals surface area contributed by atoms with Crippen LogP contribution in [-0.2, 0) is 9.59 Å². The van der Waals surface area contributed by atoms with Gasteiger partial charge in [0, 0.05) is 44.7 Å². The average molecular weight is 505 g/mol. The summed E-state index contributed by atoms with van der Waals surface area (Å²) in [5.74, 6) is 2.86. The standard InChI is InChI=1S/C29H36N4O2S/c34-28-25-19-9-10-20(12-11-19)26(25)29(35)33(28)18-22-6-2-1-5-21(22)17-31-13-15-32(16-14-31)27-23-7-3-4-8-24(23)36-30-27/h3-4,7-10,19-22,25-26H,1-2,5-6,11-18H2. The van der Waals surface area contributed by atoms with E-state index in [0.29, 0.717) is 18.4 Å². The first-order valence-corrected chi connectivity index (χ1v) is 14.8. The smallest absolute Gasteiger partial charge is 0.233 e. The van der Waals surface area contributed by atoms with Crippen LogP contribution in [0.1, 0.15) is 38.5 Å². The SMILES string of the molecule is O=C1C2C3C=CC(CC3)C2C(=O)N1CC1CCCCC1CN1CCN(c2nsc3ccccc23)CC1. The molecule has 6 unspecified atom stereocenters. The predicted octanol–water partition coefficient (Wildman–Crippen LogP) is 4.42. The Balaban J connectivity index is 0.993. The third-order valence-electron chi connectivity index (χ3n) is 9.86. The van der Waals surface area contributed by atoms with E-state index < -0.39 is 0 Å². The lowest BCUT2D eigenvalue weighted by Gasteiger charge is -2.40. The molecule has 4 aliphatic carbocycles. The van der Waals surface area contributed by atoms with Gasteiger partial charge in [-0.25, -0.2) is 0 Å². The van der Waals surface area contributed by atoms with E-state index in [2.05, 4.69) is 46.2 Å². The summed E-state index contributed by atoms with van der Waals surface area (Å²) >= 11 is 1.59. The maximum absolute atomic E-state index is 13.4. The van der Waals surface area contributed by atoms with Gasteiger partial charge < -0.3 is 4.90 Å². The van der Waals surface area contributed by atoms with Crippen molar-refractivity contribution >= 4 is 39.3 Å². The number of imide groups is 1. The van der Waals surface area contributed by atoms with E-state index in [1.807, 2.05) is 0 Å². The van der Waals surface area contributed by atoms with Gasteiger partial charge >= 0.3 is 0 Å². The predicted molar refractivity (Wildman–Crippen MR) is 143 cm³/mol.